The molecule has 1 saturated heterocycles. The predicted octanol–water partition coefficient (Wildman–Crippen LogP) is 4.21. The Balaban J connectivity index is 1.70. The Kier molecular flexibility index (Phi) is 4.17. The second-order valence-electron chi connectivity index (χ2n) is 7.32. The Hall–Kier alpha value is -3.05. The van der Waals surface area contributed by atoms with Gasteiger partial charge in [0.15, 0.2) is 11.5 Å². The van der Waals surface area contributed by atoms with Crippen molar-refractivity contribution in [1.29, 1.82) is 0 Å². The van der Waals surface area contributed by atoms with Crippen molar-refractivity contribution in [3.8, 4) is 11.5 Å². The lowest BCUT2D eigenvalue weighted by molar-refractivity contribution is -0.142. The summed E-state index contributed by atoms with van der Waals surface area (Å²) in [6.45, 7) is 0.971. The third-order valence-electron chi connectivity index (χ3n) is 5.74. The molecule has 2 unspecified atom stereocenters. The van der Waals surface area contributed by atoms with Crippen LogP contribution in [0.2, 0.25) is 0 Å². The van der Waals surface area contributed by atoms with Crippen molar-refractivity contribution in [2.45, 2.75) is 24.9 Å². The van der Waals surface area contributed by atoms with E-state index in [9.17, 15) is 9.90 Å². The molecule has 0 aromatic heterocycles. The molecule has 0 aliphatic carbocycles. The van der Waals surface area contributed by atoms with Crippen molar-refractivity contribution in [3.63, 3.8) is 0 Å². The molecule has 2 atom stereocenters. The van der Waals surface area contributed by atoms with Gasteiger partial charge in [-0.25, -0.2) is 0 Å². The minimum Gasteiger partial charge on any atom is -0.480 e. The summed E-state index contributed by atoms with van der Waals surface area (Å²) in [6, 6.07) is 19.8. The van der Waals surface area contributed by atoms with Crippen LogP contribution in [0.25, 0.3) is 10.8 Å². The van der Waals surface area contributed by atoms with E-state index >= 15 is 0 Å². The zero-order valence-corrected chi connectivity index (χ0v) is 15.4. The first-order valence-corrected chi connectivity index (χ1v) is 9.58. The number of rotatable bonds is 4. The van der Waals surface area contributed by atoms with Gasteiger partial charge in [0.2, 0.25) is 6.79 Å². The molecule has 1 N–H and O–H groups in total. The lowest BCUT2D eigenvalue weighted by atomic mass is 9.91. The number of hydrogen-bond donors (Lipinski definition) is 1. The number of fused-ring (bicyclic) bond motifs is 2. The van der Waals surface area contributed by atoms with Crippen LogP contribution < -0.4 is 9.47 Å². The van der Waals surface area contributed by atoms with Gasteiger partial charge in [-0.3, -0.25) is 9.69 Å². The average molecular weight is 375 g/mol. The average Bonchev–Trinajstić information content (AvgIpc) is 3.38. The minimum atomic E-state index is -0.761. The number of likely N-dealkylation sites (tertiary alicyclic amines) is 1. The van der Waals surface area contributed by atoms with E-state index < -0.39 is 12.0 Å². The molecule has 2 aliphatic rings. The van der Waals surface area contributed by atoms with E-state index in [0.29, 0.717) is 12.2 Å². The van der Waals surface area contributed by atoms with Crippen LogP contribution in [0.1, 0.15) is 30.0 Å². The molecule has 1 fully saturated rings. The number of nitrogens with zero attached hydrogens (tertiary/aromatic N) is 1. The standard InChI is InChI=1S/C23H21NO4/c25-23(26)19-9-4-12-24(19)22(16-10-11-20-21(13-16)28-14-27-20)18-8-3-6-15-5-1-2-7-17(15)18/h1-3,5-8,10-11,13,19,22H,4,9,12,14H2,(H,25,26). The number of carbonyl (C=O) groups is 1. The molecule has 3 aromatic carbocycles. The zero-order valence-electron chi connectivity index (χ0n) is 15.4. The normalized spacial score (nSPS) is 19.8. The highest BCUT2D eigenvalue weighted by molar-refractivity contribution is 5.86. The Bertz CT molecular complexity index is 1040. The molecular weight excluding hydrogens is 354 g/mol. The molecule has 0 radical (unpaired) electrons. The molecule has 142 valence electrons. The van der Waals surface area contributed by atoms with Gasteiger partial charge in [-0.05, 0) is 46.9 Å². The highest BCUT2D eigenvalue weighted by Gasteiger charge is 2.37. The summed E-state index contributed by atoms with van der Waals surface area (Å²) in [7, 11) is 0. The molecule has 5 nitrogen and oxygen atoms in total. The highest BCUT2D eigenvalue weighted by Crippen LogP contribution is 2.41. The number of carboxylic acids is 1. The van der Waals surface area contributed by atoms with E-state index in [1.165, 1.54) is 0 Å². The third kappa shape index (κ3) is 2.79. The topological polar surface area (TPSA) is 59.0 Å². The van der Waals surface area contributed by atoms with Gasteiger partial charge in [0.1, 0.15) is 6.04 Å². The van der Waals surface area contributed by atoms with Gasteiger partial charge in [-0.15, -0.1) is 0 Å². The third-order valence-corrected chi connectivity index (χ3v) is 5.74. The highest BCUT2D eigenvalue weighted by atomic mass is 16.7. The zero-order chi connectivity index (χ0) is 19.1. The number of hydrogen-bond acceptors (Lipinski definition) is 4. The Labute approximate surface area is 163 Å². The molecule has 2 heterocycles. The van der Waals surface area contributed by atoms with E-state index in [0.717, 1.165) is 40.6 Å². The van der Waals surface area contributed by atoms with Crippen molar-refractivity contribution >= 4 is 16.7 Å². The number of ether oxygens (including phenoxy) is 2. The van der Waals surface area contributed by atoms with Gasteiger partial charge >= 0.3 is 5.97 Å². The summed E-state index contributed by atoms with van der Waals surface area (Å²) in [4.78, 5) is 14.1. The van der Waals surface area contributed by atoms with Crippen molar-refractivity contribution in [3.05, 3.63) is 71.8 Å². The summed E-state index contributed by atoms with van der Waals surface area (Å²) in [5.74, 6) is 0.689. The SMILES string of the molecule is O=C(O)C1CCCN1C(c1ccc2c(c1)OCO2)c1cccc2ccccc12. The van der Waals surface area contributed by atoms with Crippen molar-refractivity contribution < 1.29 is 19.4 Å². The molecule has 0 bridgehead atoms. The fraction of sp³-hybridized carbons (Fsp3) is 0.261. The Morgan fingerprint density at radius 3 is 2.75 bits per heavy atom. The molecule has 0 amide bonds. The maximum atomic E-state index is 11.9. The minimum absolute atomic E-state index is 0.163. The predicted molar refractivity (Wildman–Crippen MR) is 106 cm³/mol. The maximum Gasteiger partial charge on any atom is 0.320 e. The van der Waals surface area contributed by atoms with E-state index in [1.54, 1.807) is 0 Å². The van der Waals surface area contributed by atoms with Gasteiger partial charge < -0.3 is 14.6 Å². The summed E-state index contributed by atoms with van der Waals surface area (Å²) < 4.78 is 11.1. The van der Waals surface area contributed by atoms with Crippen molar-refractivity contribution in [2.75, 3.05) is 13.3 Å². The smallest absolute Gasteiger partial charge is 0.320 e. The van der Waals surface area contributed by atoms with Gasteiger partial charge in [0.05, 0.1) is 6.04 Å². The van der Waals surface area contributed by atoms with Crippen molar-refractivity contribution in [2.24, 2.45) is 0 Å². The van der Waals surface area contributed by atoms with Crippen LogP contribution in [-0.2, 0) is 4.79 Å². The van der Waals surface area contributed by atoms with Crippen LogP contribution in [0.3, 0.4) is 0 Å². The molecule has 3 aromatic rings. The van der Waals surface area contributed by atoms with E-state index in [-0.39, 0.29) is 12.8 Å². The molecule has 0 saturated carbocycles. The first kappa shape index (κ1) is 17.1. The van der Waals surface area contributed by atoms with Crippen LogP contribution in [0, 0.1) is 0 Å². The molecule has 0 spiro atoms. The molecular formula is C23H21NO4. The Morgan fingerprint density at radius 2 is 1.86 bits per heavy atom. The largest absolute Gasteiger partial charge is 0.480 e. The molecule has 28 heavy (non-hydrogen) atoms. The van der Waals surface area contributed by atoms with Crippen LogP contribution in [0.5, 0.6) is 11.5 Å². The number of carboxylic acid groups (broad SMARTS) is 1. The lowest BCUT2D eigenvalue weighted by Crippen LogP contribution is -2.39. The fourth-order valence-electron chi connectivity index (χ4n) is 4.49. The first-order valence-electron chi connectivity index (χ1n) is 9.58. The summed E-state index contributed by atoms with van der Waals surface area (Å²) in [5.41, 5.74) is 2.14. The maximum absolute atomic E-state index is 11.9. The first-order chi connectivity index (χ1) is 13.7. The van der Waals surface area contributed by atoms with Gasteiger partial charge in [-0.2, -0.15) is 0 Å². The second kappa shape index (κ2) is 6.84. The van der Waals surface area contributed by atoms with E-state index in [4.69, 9.17) is 9.47 Å². The van der Waals surface area contributed by atoms with E-state index in [1.807, 2.05) is 36.4 Å². The van der Waals surface area contributed by atoms with Crippen LogP contribution in [0.15, 0.2) is 60.7 Å². The number of aliphatic carboxylic acids is 1. The quantitative estimate of drug-likeness (QED) is 0.740. The van der Waals surface area contributed by atoms with Gasteiger partial charge in [-0.1, -0.05) is 48.5 Å². The monoisotopic (exact) mass is 375 g/mol. The van der Waals surface area contributed by atoms with Crippen LogP contribution in [0.4, 0.5) is 0 Å². The lowest BCUT2D eigenvalue weighted by Gasteiger charge is -2.33. The second-order valence-corrected chi connectivity index (χ2v) is 7.32. The van der Waals surface area contributed by atoms with Crippen molar-refractivity contribution in [1.82, 2.24) is 4.90 Å². The molecule has 5 heteroatoms. The number of benzene rings is 3. The van der Waals surface area contributed by atoms with E-state index in [2.05, 4.69) is 29.2 Å². The van der Waals surface area contributed by atoms with Gasteiger partial charge in [0.25, 0.3) is 0 Å². The fourth-order valence-corrected chi connectivity index (χ4v) is 4.49. The summed E-state index contributed by atoms with van der Waals surface area (Å²) >= 11 is 0. The molecule has 2 aliphatic heterocycles. The Morgan fingerprint density at radius 1 is 1.04 bits per heavy atom. The molecule has 5 rings (SSSR count). The summed E-state index contributed by atoms with van der Waals surface area (Å²) in [6.07, 6.45) is 1.55. The van der Waals surface area contributed by atoms with Gasteiger partial charge in [0, 0.05) is 6.54 Å². The van der Waals surface area contributed by atoms with Crippen LogP contribution >= 0.6 is 0 Å². The van der Waals surface area contributed by atoms with Crippen LogP contribution in [-0.4, -0.2) is 35.4 Å². The summed E-state index contributed by atoms with van der Waals surface area (Å²) in [5, 5.41) is 12.1.